The summed E-state index contributed by atoms with van der Waals surface area (Å²) in [4.78, 5) is 17.7. The van der Waals surface area contributed by atoms with Crippen LogP contribution in [0, 0.1) is 11.9 Å². The molecule has 0 bridgehead atoms. The van der Waals surface area contributed by atoms with E-state index in [9.17, 15) is 9.18 Å². The average molecular weight is 352 g/mol. The van der Waals surface area contributed by atoms with Crippen molar-refractivity contribution in [3.05, 3.63) is 53.8 Å². The summed E-state index contributed by atoms with van der Waals surface area (Å²) >= 11 is 1.19. The zero-order valence-electron chi connectivity index (χ0n) is 13.4. The zero-order valence-corrected chi connectivity index (χ0v) is 14.2. The van der Waals surface area contributed by atoms with Gasteiger partial charge in [0.2, 0.25) is 0 Å². The van der Waals surface area contributed by atoms with Crippen molar-refractivity contribution < 1.29 is 9.18 Å². The number of rotatable bonds is 4. The zero-order chi connectivity index (χ0) is 17.2. The topological polar surface area (TPSA) is 46.1 Å². The van der Waals surface area contributed by atoms with Crippen LogP contribution < -0.4 is 4.90 Å². The molecular formula is C19H15FN3OS. The van der Waals surface area contributed by atoms with Crippen LogP contribution in [0.5, 0.6) is 0 Å². The second-order valence-corrected chi connectivity index (χ2v) is 6.71. The standard InChI is InChI=1S/C19H15FN3OS/c20-16-10-13(12-24)9-15(11-16)19-21-18(22-25-19)14-3-5-17(6-4-14)23-7-1-2-8-23/h3-6,9,11-12H,1-2,7-8H2. The molecule has 0 unspecified atom stereocenters. The van der Waals surface area contributed by atoms with E-state index in [-0.39, 0.29) is 5.56 Å². The van der Waals surface area contributed by atoms with Crippen molar-refractivity contribution in [3.8, 4) is 22.0 Å². The molecule has 1 fully saturated rings. The molecule has 0 saturated carbocycles. The predicted octanol–water partition coefficient (Wildman–Crippen LogP) is 4.22. The highest BCUT2D eigenvalue weighted by Crippen LogP contribution is 2.28. The average Bonchev–Trinajstić information content (AvgIpc) is 3.33. The Morgan fingerprint density at radius 3 is 2.60 bits per heavy atom. The van der Waals surface area contributed by atoms with Gasteiger partial charge in [-0.15, -0.1) is 0 Å². The lowest BCUT2D eigenvalue weighted by Crippen LogP contribution is -2.17. The van der Waals surface area contributed by atoms with E-state index in [2.05, 4.69) is 32.5 Å². The molecular weight excluding hydrogens is 337 g/mol. The number of anilines is 1. The van der Waals surface area contributed by atoms with E-state index >= 15 is 0 Å². The van der Waals surface area contributed by atoms with Crippen molar-refractivity contribution in [3.63, 3.8) is 0 Å². The number of carbonyl (C=O) groups is 1. The summed E-state index contributed by atoms with van der Waals surface area (Å²) < 4.78 is 17.9. The molecule has 2 aromatic carbocycles. The van der Waals surface area contributed by atoms with Crippen LogP contribution in [0.1, 0.15) is 23.2 Å². The summed E-state index contributed by atoms with van der Waals surface area (Å²) in [6.07, 6.45) is 3.06. The summed E-state index contributed by atoms with van der Waals surface area (Å²) in [5.74, 6) is 0.0279. The second-order valence-electron chi connectivity index (χ2n) is 5.95. The maximum atomic E-state index is 13.6. The molecule has 0 atom stereocenters. The van der Waals surface area contributed by atoms with E-state index in [1.54, 1.807) is 6.07 Å². The fraction of sp³-hybridized carbons (Fsp3) is 0.211. The van der Waals surface area contributed by atoms with Gasteiger partial charge in [0.1, 0.15) is 10.8 Å². The highest BCUT2D eigenvalue weighted by atomic mass is 32.1. The van der Waals surface area contributed by atoms with Crippen LogP contribution >= 0.6 is 11.5 Å². The van der Waals surface area contributed by atoms with Gasteiger partial charge in [-0.3, -0.25) is 4.79 Å². The van der Waals surface area contributed by atoms with Gasteiger partial charge in [0.25, 0.3) is 0 Å². The van der Waals surface area contributed by atoms with Crippen molar-refractivity contribution in [2.24, 2.45) is 0 Å². The van der Waals surface area contributed by atoms with Gasteiger partial charge >= 0.3 is 0 Å². The summed E-state index contributed by atoms with van der Waals surface area (Å²) in [5.41, 5.74) is 2.84. The number of hydrogen-bond donors (Lipinski definition) is 0. The molecule has 1 aromatic heterocycles. The minimum atomic E-state index is -0.577. The van der Waals surface area contributed by atoms with Gasteiger partial charge in [0.15, 0.2) is 12.1 Å². The molecule has 125 valence electrons. The molecule has 0 spiro atoms. The van der Waals surface area contributed by atoms with Crippen molar-refractivity contribution in [1.82, 2.24) is 9.36 Å². The number of nitrogens with zero attached hydrogens (tertiary/aromatic N) is 3. The van der Waals surface area contributed by atoms with Gasteiger partial charge in [0.05, 0.1) is 0 Å². The molecule has 6 heteroatoms. The number of aromatic nitrogens is 2. The molecule has 0 aliphatic carbocycles. The molecule has 0 N–H and O–H groups in total. The van der Waals surface area contributed by atoms with Crippen LogP contribution in [-0.2, 0) is 0 Å². The number of hydrogen-bond acceptors (Lipinski definition) is 5. The van der Waals surface area contributed by atoms with Crippen molar-refractivity contribution in [2.75, 3.05) is 18.0 Å². The minimum Gasteiger partial charge on any atom is -0.372 e. The molecule has 25 heavy (non-hydrogen) atoms. The largest absolute Gasteiger partial charge is 0.372 e. The number of halogens is 1. The lowest BCUT2D eigenvalue weighted by Gasteiger charge is -2.17. The monoisotopic (exact) mass is 352 g/mol. The second kappa shape index (κ2) is 6.72. The Morgan fingerprint density at radius 1 is 1.12 bits per heavy atom. The van der Waals surface area contributed by atoms with E-state index in [4.69, 9.17) is 0 Å². The van der Waals surface area contributed by atoms with Gasteiger partial charge in [-0.1, -0.05) is 0 Å². The molecule has 1 saturated heterocycles. The predicted molar refractivity (Wildman–Crippen MR) is 96.4 cm³/mol. The Labute approximate surface area is 149 Å². The summed E-state index contributed by atoms with van der Waals surface area (Å²) in [6, 6.07) is 13.4. The first-order valence-corrected chi connectivity index (χ1v) is 8.88. The molecule has 4 nitrogen and oxygen atoms in total. The highest BCUT2D eigenvalue weighted by molar-refractivity contribution is 7.09. The van der Waals surface area contributed by atoms with Gasteiger partial charge in [0, 0.05) is 41.5 Å². The third kappa shape index (κ3) is 3.30. The van der Waals surface area contributed by atoms with Crippen LogP contribution in [0.2, 0.25) is 0 Å². The molecule has 1 aliphatic rings. The van der Waals surface area contributed by atoms with Gasteiger partial charge in [-0.2, -0.15) is 4.37 Å². The van der Waals surface area contributed by atoms with Crippen molar-refractivity contribution in [2.45, 2.75) is 12.8 Å². The van der Waals surface area contributed by atoms with Crippen molar-refractivity contribution in [1.29, 1.82) is 0 Å². The maximum absolute atomic E-state index is 13.6. The molecule has 2 heterocycles. The summed E-state index contributed by atoms with van der Waals surface area (Å²) in [7, 11) is 0. The smallest absolute Gasteiger partial charge is 0.173 e. The Morgan fingerprint density at radius 2 is 1.88 bits per heavy atom. The van der Waals surface area contributed by atoms with E-state index < -0.39 is 5.82 Å². The van der Waals surface area contributed by atoms with E-state index in [1.807, 2.05) is 12.1 Å². The molecule has 4 rings (SSSR count). The van der Waals surface area contributed by atoms with Crippen LogP contribution in [0.4, 0.5) is 10.1 Å². The molecule has 3 aromatic rings. The summed E-state index contributed by atoms with van der Waals surface area (Å²) in [6.45, 7) is 2.21. The first-order valence-electron chi connectivity index (χ1n) is 8.10. The first-order chi connectivity index (χ1) is 12.2. The normalized spacial score (nSPS) is 14.0. The third-order valence-electron chi connectivity index (χ3n) is 4.25. The maximum Gasteiger partial charge on any atom is 0.173 e. The summed E-state index contributed by atoms with van der Waals surface area (Å²) in [5, 5.41) is 0.578. The van der Waals surface area contributed by atoms with Crippen LogP contribution in [-0.4, -0.2) is 28.7 Å². The Bertz CT molecular complexity index is 901. The van der Waals surface area contributed by atoms with Crippen LogP contribution in [0.25, 0.3) is 22.0 Å². The van der Waals surface area contributed by atoms with Crippen molar-refractivity contribution >= 4 is 23.5 Å². The minimum absolute atomic E-state index is 0.168. The Balaban J connectivity index is 1.60. The first kappa shape index (κ1) is 15.9. The quantitative estimate of drug-likeness (QED) is 0.660. The number of aldehydes is 1. The number of carbonyl (C=O) groups excluding carboxylic acids is 1. The SMILES string of the molecule is O=Cc1[c]c(F)cc(-c2nc(-c3ccc(N4CCCC4)cc3)ns2)c1. The lowest BCUT2D eigenvalue weighted by molar-refractivity contribution is 0.112. The van der Waals surface area contributed by atoms with Crippen LogP contribution in [0.3, 0.4) is 0 Å². The fourth-order valence-electron chi connectivity index (χ4n) is 3.00. The van der Waals surface area contributed by atoms with Gasteiger partial charge < -0.3 is 4.90 Å². The van der Waals surface area contributed by atoms with E-state index in [0.29, 0.717) is 22.7 Å². The van der Waals surface area contributed by atoms with Crippen LogP contribution in [0.15, 0.2) is 36.4 Å². The fourth-order valence-corrected chi connectivity index (χ4v) is 3.67. The van der Waals surface area contributed by atoms with Gasteiger partial charge in [-0.25, -0.2) is 9.37 Å². The Kier molecular flexibility index (Phi) is 4.28. The van der Waals surface area contributed by atoms with Gasteiger partial charge in [-0.05, 0) is 60.8 Å². The molecule has 0 amide bonds. The number of benzene rings is 2. The Hall–Kier alpha value is -2.60. The lowest BCUT2D eigenvalue weighted by atomic mass is 10.1. The molecule has 1 radical (unpaired) electrons. The highest BCUT2D eigenvalue weighted by Gasteiger charge is 2.14. The van der Waals surface area contributed by atoms with E-state index in [1.165, 1.54) is 36.1 Å². The third-order valence-corrected chi connectivity index (χ3v) is 5.02. The van der Waals surface area contributed by atoms with E-state index in [0.717, 1.165) is 18.7 Å². The molecule has 1 aliphatic heterocycles.